The summed E-state index contributed by atoms with van der Waals surface area (Å²) in [5.74, 6) is -5.01. The molecule has 5 saturated carbocycles. The molecule has 11 fully saturated rings. The van der Waals surface area contributed by atoms with Gasteiger partial charge in [-0.05, 0) is 119 Å². The predicted molar refractivity (Wildman–Crippen MR) is 369 cm³/mol. The molecule has 2 bridgehead atoms. The van der Waals surface area contributed by atoms with E-state index in [0.717, 1.165) is 0 Å². The molecule has 38 atom stereocenters. The fourth-order valence-electron chi connectivity index (χ4n) is 21.5. The Bertz CT molecular complexity index is 3470. The van der Waals surface area contributed by atoms with Crippen LogP contribution in [0.2, 0.25) is 0 Å². The summed E-state index contributed by atoms with van der Waals surface area (Å²) in [7, 11) is 0. The maximum absolute atomic E-state index is 14.5. The van der Waals surface area contributed by atoms with Gasteiger partial charge in [0, 0.05) is 35.3 Å². The number of rotatable bonds is 19. The zero-order chi connectivity index (χ0) is 79.6. The minimum atomic E-state index is -2.39. The van der Waals surface area contributed by atoms with E-state index in [2.05, 4.69) is 20.8 Å². The Kier molecular flexibility index (Phi) is 24.1. The first-order chi connectivity index (χ1) is 51.1. The summed E-state index contributed by atoms with van der Waals surface area (Å²) < 4.78 is 89.1. The van der Waals surface area contributed by atoms with Crippen molar-refractivity contribution in [3.05, 3.63) is 53.6 Å². The standard InChI is InChI=1S/C76H112O33/c1-13-31(2)63(94)108-60-61(102-43(80)20-19-35-17-15-14-16-18-35)76-40(27-70(60,6)7)75(109-69(76)95)26-22-39-72(10)24-23-41(71(8,9)38(72)21-25-73(39,11)74(75,12)28-42(76)98-34(5)79)101-68-59(107-65-53(90)49(86)46(83)36(29-77)99-65)55(54(91)56(104-68)62(92)93)103-67-58(51(88)47(84)37(30-78)100-67)106-66-57(50(87)45(82)33(4)97-66)105-64-52(89)48(85)44(81)32(3)96-64/h13-20,32-33,36-42,44-61,64-69,77-78,81-91,95H,21-30H2,1-12H3,(H,92,93)/t32-,33-,36+,37+,38-,39+,40+,41-,42+,44-,45-,46+,47+,48+,49-,50+,51-,52+,53+,54-,55-,56-,57-,58+,59+,60-,61-,64-,65-,66-,67-,68+,69-,72-,73+,74-,75-,76+/m0/s1. The lowest BCUT2D eigenvalue weighted by Crippen LogP contribution is -2.77. The molecule has 33 heteroatoms. The van der Waals surface area contributed by atoms with Crippen molar-refractivity contribution in [1.29, 1.82) is 0 Å². The first-order valence-corrected chi connectivity index (χ1v) is 37.9. The lowest BCUT2D eigenvalue weighted by molar-refractivity contribution is -0.412. The van der Waals surface area contributed by atoms with Gasteiger partial charge in [-0.3, -0.25) is 4.79 Å². The number of benzene rings is 1. The highest BCUT2D eigenvalue weighted by molar-refractivity contribution is 5.88. The van der Waals surface area contributed by atoms with Crippen molar-refractivity contribution >= 4 is 30.0 Å². The Hall–Kier alpha value is -4.42. The second-order valence-corrected chi connectivity index (χ2v) is 34.2. The summed E-state index contributed by atoms with van der Waals surface area (Å²) in [6, 6.07) is 9.07. The Labute approximate surface area is 631 Å². The first kappa shape index (κ1) is 84.0. The van der Waals surface area contributed by atoms with E-state index < -0.39 is 265 Å². The Morgan fingerprint density at radius 3 is 1.67 bits per heavy atom. The third-order valence-electron chi connectivity index (χ3n) is 27.6. The fourth-order valence-corrected chi connectivity index (χ4v) is 21.5. The SMILES string of the molecule is CC=C(C)C(=O)O[C@H]1[C@H](OC(=O)C=Cc2ccccc2)[C@]23[C@@H](O)O[C@@]4(CC[C@@H]5[C@@]6(C)CC[C@H](O[C@@H]7O[C@H](C(=O)O)[C@@H](O)[C@H](O[C@@H]8O[C@H](CO)[C@@H](O)[C@H](O)[C@H]8O[C@@H]8O[C@@H](C)[C@H](O)[C@@H](O)[C@@H]8O[C@@H]8O[C@@H](C)[C@H](O)[C@@H](O)[C@H]8O)[C@H]7O[C@@H]7O[C@H](CO)[C@@H](O)[C@H](O)[C@H]7O)C(C)(C)[C@@H]6CC[C@@]5(C)[C@]4(C)C[C@H]2OC(C)=O)[C@H]3CC1(C)C. The molecule has 6 aliphatic heterocycles. The van der Waals surface area contributed by atoms with Crippen LogP contribution in [0.1, 0.15) is 140 Å². The molecule has 0 amide bonds. The summed E-state index contributed by atoms with van der Waals surface area (Å²) in [5.41, 5.74) is -6.00. The van der Waals surface area contributed by atoms with Gasteiger partial charge >= 0.3 is 23.9 Å². The minimum Gasteiger partial charge on any atom is -0.479 e. The molecule has 6 heterocycles. The molecule has 5 aliphatic carbocycles. The number of carbonyl (C=O) groups excluding carboxylic acids is 3. The van der Waals surface area contributed by atoms with Crippen LogP contribution >= 0.6 is 0 Å². The first-order valence-electron chi connectivity index (χ1n) is 37.9. The third kappa shape index (κ3) is 14.1. The number of aliphatic carboxylic acids is 1. The number of allylic oxidation sites excluding steroid dienone is 1. The van der Waals surface area contributed by atoms with Gasteiger partial charge < -0.3 is 143 Å². The smallest absolute Gasteiger partial charge is 0.335 e. The molecule has 1 aromatic carbocycles. The minimum absolute atomic E-state index is 0.119. The van der Waals surface area contributed by atoms with E-state index in [9.17, 15) is 95.8 Å². The van der Waals surface area contributed by atoms with Crippen molar-refractivity contribution in [2.75, 3.05) is 13.2 Å². The largest absolute Gasteiger partial charge is 0.479 e. The molecule has 12 rings (SSSR count). The van der Waals surface area contributed by atoms with Crippen molar-refractivity contribution < 1.29 is 162 Å². The summed E-state index contributed by atoms with van der Waals surface area (Å²) >= 11 is 0. The quantitative estimate of drug-likeness (QED) is 0.0350. The fraction of sp³-hybridized carbons (Fsp3) is 0.816. The third-order valence-corrected chi connectivity index (χ3v) is 27.6. The molecule has 0 aromatic heterocycles. The van der Waals surface area contributed by atoms with Crippen LogP contribution in [0, 0.1) is 50.2 Å². The molecule has 1 spiro atoms. The summed E-state index contributed by atoms with van der Waals surface area (Å²) in [4.78, 5) is 55.9. The normalized spacial score (nSPS) is 50.1. The van der Waals surface area contributed by atoms with Crippen molar-refractivity contribution in [2.24, 2.45) is 50.2 Å². The summed E-state index contributed by atoms with van der Waals surface area (Å²) in [5, 5.41) is 170. The lowest BCUT2D eigenvalue weighted by Gasteiger charge is -2.75. The van der Waals surface area contributed by atoms with Crippen LogP contribution in [0.3, 0.4) is 0 Å². The monoisotopic (exact) mass is 1550 g/mol. The lowest BCUT2D eigenvalue weighted by atomic mass is 9.30. The Morgan fingerprint density at radius 2 is 1.06 bits per heavy atom. The number of carboxylic acid groups (broad SMARTS) is 1. The zero-order valence-electron chi connectivity index (χ0n) is 63.3. The van der Waals surface area contributed by atoms with E-state index in [0.29, 0.717) is 37.7 Å². The predicted octanol–water partition coefficient (Wildman–Crippen LogP) is -0.767. The van der Waals surface area contributed by atoms with Crippen LogP contribution in [0.5, 0.6) is 0 Å². The van der Waals surface area contributed by atoms with E-state index in [1.54, 1.807) is 38.1 Å². The molecule has 6 saturated heterocycles. The number of hydrogen-bond donors (Lipinski definition) is 15. The molecule has 109 heavy (non-hydrogen) atoms. The molecule has 0 radical (unpaired) electrons. The van der Waals surface area contributed by atoms with E-state index in [1.807, 2.05) is 45.9 Å². The second kappa shape index (κ2) is 31.3. The van der Waals surface area contributed by atoms with Crippen molar-refractivity contribution in [2.45, 2.75) is 324 Å². The number of carboxylic acids is 1. The number of hydrogen-bond acceptors (Lipinski definition) is 32. The van der Waals surface area contributed by atoms with E-state index in [-0.39, 0.29) is 36.7 Å². The van der Waals surface area contributed by atoms with Gasteiger partial charge in [-0.25, -0.2) is 14.4 Å². The topological polar surface area (TPSA) is 501 Å². The van der Waals surface area contributed by atoms with Gasteiger partial charge in [0.1, 0.15) is 121 Å². The average Bonchev–Trinajstić information content (AvgIpc) is 1.53. The number of ether oxygens (including phenoxy) is 14. The van der Waals surface area contributed by atoms with Crippen LogP contribution in [-0.2, 0) is 85.5 Å². The van der Waals surface area contributed by atoms with Crippen LogP contribution in [0.4, 0.5) is 0 Å². The van der Waals surface area contributed by atoms with Gasteiger partial charge in [-0.1, -0.05) is 84.9 Å². The number of carbonyl (C=O) groups is 4. The molecule has 11 aliphatic rings. The van der Waals surface area contributed by atoms with Crippen molar-refractivity contribution in [1.82, 2.24) is 0 Å². The van der Waals surface area contributed by atoms with Gasteiger partial charge in [0.05, 0.1) is 37.1 Å². The van der Waals surface area contributed by atoms with Gasteiger partial charge in [-0.2, -0.15) is 0 Å². The maximum atomic E-state index is 14.5. The number of esters is 3. The van der Waals surface area contributed by atoms with Crippen LogP contribution in [0.15, 0.2) is 48.1 Å². The number of aliphatic hydroxyl groups excluding tert-OH is 14. The van der Waals surface area contributed by atoms with Crippen LogP contribution in [-0.4, -0.2) is 304 Å². The Balaban J connectivity index is 0.872. The zero-order valence-corrected chi connectivity index (χ0v) is 63.3. The molecule has 1 aromatic rings. The van der Waals surface area contributed by atoms with Gasteiger partial charge in [0.25, 0.3) is 0 Å². The summed E-state index contributed by atoms with van der Waals surface area (Å²) in [6.07, 6.45) is -47.7. The maximum Gasteiger partial charge on any atom is 0.335 e. The molecule has 15 N–H and O–H groups in total. The van der Waals surface area contributed by atoms with E-state index in [4.69, 9.17) is 66.3 Å². The molecular formula is C76H112O33. The second-order valence-electron chi connectivity index (χ2n) is 34.2. The number of aliphatic hydroxyl groups is 14. The van der Waals surface area contributed by atoms with Crippen molar-refractivity contribution in [3.8, 4) is 0 Å². The van der Waals surface area contributed by atoms with Gasteiger partial charge in [0.2, 0.25) is 0 Å². The highest BCUT2D eigenvalue weighted by Crippen LogP contribution is 2.82. The molecule has 614 valence electrons. The molecule has 33 nitrogen and oxygen atoms in total. The number of fused-ring (bicyclic) bond motifs is 4. The summed E-state index contributed by atoms with van der Waals surface area (Å²) in [6.45, 7) is 19.7. The van der Waals surface area contributed by atoms with Gasteiger partial charge in [0.15, 0.2) is 49.9 Å². The van der Waals surface area contributed by atoms with E-state index >= 15 is 0 Å². The van der Waals surface area contributed by atoms with Crippen LogP contribution < -0.4 is 0 Å². The molecular weight excluding hydrogens is 1440 g/mol. The average molecular weight is 1550 g/mol. The van der Waals surface area contributed by atoms with Crippen LogP contribution in [0.25, 0.3) is 6.08 Å². The van der Waals surface area contributed by atoms with Gasteiger partial charge in [-0.15, -0.1) is 0 Å². The Morgan fingerprint density at radius 1 is 0.523 bits per heavy atom. The highest BCUT2D eigenvalue weighted by atomic mass is 16.8. The van der Waals surface area contributed by atoms with E-state index in [1.165, 1.54) is 26.8 Å². The highest BCUT2D eigenvalue weighted by Gasteiger charge is 2.87. The van der Waals surface area contributed by atoms with Crippen molar-refractivity contribution in [3.63, 3.8) is 0 Å². The molecule has 0 unspecified atom stereocenters.